The Balaban J connectivity index is 2.31. The van der Waals surface area contributed by atoms with Crippen LogP contribution < -0.4 is 16.0 Å². The van der Waals surface area contributed by atoms with Crippen molar-refractivity contribution in [1.29, 1.82) is 0 Å². The van der Waals surface area contributed by atoms with Gasteiger partial charge < -0.3 is 10.1 Å². The fourth-order valence-corrected chi connectivity index (χ4v) is 3.70. The molecule has 0 saturated heterocycles. The van der Waals surface area contributed by atoms with Crippen LogP contribution in [0.15, 0.2) is 54.2 Å². The Hall–Kier alpha value is -2.63. The van der Waals surface area contributed by atoms with Crippen LogP contribution in [-0.2, 0) is 10.4 Å². The van der Waals surface area contributed by atoms with Crippen molar-refractivity contribution in [3.05, 3.63) is 76.5 Å². The van der Waals surface area contributed by atoms with E-state index in [4.69, 9.17) is 4.74 Å². The van der Waals surface area contributed by atoms with Gasteiger partial charge in [0.05, 0.1) is 12.7 Å². The third kappa shape index (κ3) is 2.89. The molecule has 0 spiro atoms. The molecular formula is C21H25N3O2. The fourth-order valence-electron chi connectivity index (χ4n) is 3.70. The molecule has 136 valence electrons. The molecule has 0 atom stereocenters. The summed E-state index contributed by atoms with van der Waals surface area (Å²) in [6.45, 7) is 0. The summed E-state index contributed by atoms with van der Waals surface area (Å²) in [6, 6.07) is 16.0. The van der Waals surface area contributed by atoms with Gasteiger partial charge in [-0.1, -0.05) is 36.4 Å². The van der Waals surface area contributed by atoms with E-state index in [1.54, 1.807) is 0 Å². The summed E-state index contributed by atoms with van der Waals surface area (Å²) in [5, 5.41) is 10.2. The van der Waals surface area contributed by atoms with E-state index in [1.807, 2.05) is 57.5 Å². The van der Waals surface area contributed by atoms with Crippen molar-refractivity contribution in [2.75, 3.05) is 28.3 Å². The van der Waals surface area contributed by atoms with Crippen molar-refractivity contribution < 1.29 is 9.53 Å². The van der Waals surface area contributed by atoms with Crippen LogP contribution in [0.1, 0.15) is 33.5 Å². The van der Waals surface area contributed by atoms with Crippen LogP contribution >= 0.6 is 0 Å². The Kier molecular flexibility index (Phi) is 5.11. The van der Waals surface area contributed by atoms with Gasteiger partial charge in [-0.25, -0.2) is 4.79 Å². The largest absolute Gasteiger partial charge is 0.465 e. The summed E-state index contributed by atoms with van der Waals surface area (Å²) in [4.78, 5) is 12.1. The van der Waals surface area contributed by atoms with Crippen molar-refractivity contribution >= 4 is 11.5 Å². The highest BCUT2D eigenvalue weighted by Crippen LogP contribution is 2.42. The minimum absolute atomic E-state index is 0.337. The molecule has 1 aliphatic carbocycles. The molecule has 0 unspecified atom stereocenters. The Morgan fingerprint density at radius 2 is 1.73 bits per heavy atom. The second kappa shape index (κ2) is 7.32. The van der Waals surface area contributed by atoms with Gasteiger partial charge in [0.1, 0.15) is 5.66 Å². The molecule has 3 N–H and O–H groups in total. The van der Waals surface area contributed by atoms with E-state index >= 15 is 0 Å². The number of hydrogen-bond donors (Lipinski definition) is 3. The summed E-state index contributed by atoms with van der Waals surface area (Å²) >= 11 is 0. The fraction of sp³-hybridized carbons (Fsp3) is 0.286. The lowest BCUT2D eigenvalue weighted by molar-refractivity contribution is 0.0600. The molecule has 0 amide bonds. The lowest BCUT2D eigenvalue weighted by Crippen LogP contribution is -2.53. The average Bonchev–Trinajstić information content (AvgIpc) is 2.72. The first kappa shape index (κ1) is 18.2. The number of ether oxygens (including phenoxy) is 1. The van der Waals surface area contributed by atoms with Gasteiger partial charge >= 0.3 is 5.97 Å². The number of methoxy groups -OCH3 is 1. The minimum atomic E-state index is -0.416. The maximum absolute atomic E-state index is 12.1. The summed E-state index contributed by atoms with van der Waals surface area (Å²) in [5.41, 5.74) is 5.57. The Morgan fingerprint density at radius 3 is 2.31 bits per heavy atom. The molecule has 1 aliphatic rings. The smallest absolute Gasteiger partial charge is 0.337 e. The van der Waals surface area contributed by atoms with E-state index in [-0.39, 0.29) is 5.97 Å². The Morgan fingerprint density at radius 1 is 1.04 bits per heavy atom. The summed E-state index contributed by atoms with van der Waals surface area (Å²) in [6.07, 6.45) is 0.755. The van der Waals surface area contributed by atoms with Crippen LogP contribution in [0.5, 0.6) is 0 Å². The number of rotatable bonds is 5. The normalized spacial score (nSPS) is 15.4. The summed E-state index contributed by atoms with van der Waals surface area (Å²) in [7, 11) is 7.22. The van der Waals surface area contributed by atoms with E-state index in [0.717, 1.165) is 34.4 Å². The van der Waals surface area contributed by atoms with Gasteiger partial charge in [0, 0.05) is 24.7 Å². The van der Waals surface area contributed by atoms with Crippen molar-refractivity contribution in [3.63, 3.8) is 0 Å². The van der Waals surface area contributed by atoms with Gasteiger partial charge in [-0.2, -0.15) is 0 Å². The molecular weight excluding hydrogens is 326 g/mol. The van der Waals surface area contributed by atoms with Gasteiger partial charge in [-0.05, 0) is 42.9 Å². The summed E-state index contributed by atoms with van der Waals surface area (Å²) in [5.74, 6) is -0.337. The third-order valence-corrected chi connectivity index (χ3v) is 5.13. The van der Waals surface area contributed by atoms with E-state index < -0.39 is 5.66 Å². The molecule has 2 aromatic carbocycles. The zero-order valence-electron chi connectivity index (χ0n) is 15.6. The van der Waals surface area contributed by atoms with Crippen LogP contribution in [0.3, 0.4) is 0 Å². The molecule has 0 radical (unpaired) electrons. The molecule has 0 aliphatic heterocycles. The van der Waals surface area contributed by atoms with Gasteiger partial charge in [0.2, 0.25) is 0 Å². The molecule has 26 heavy (non-hydrogen) atoms. The lowest BCUT2D eigenvalue weighted by Gasteiger charge is -2.41. The maximum Gasteiger partial charge on any atom is 0.337 e. The average molecular weight is 351 g/mol. The molecule has 2 aromatic rings. The van der Waals surface area contributed by atoms with Crippen LogP contribution in [0, 0.1) is 0 Å². The van der Waals surface area contributed by atoms with Gasteiger partial charge in [-0.3, -0.25) is 10.6 Å². The van der Waals surface area contributed by atoms with Crippen molar-refractivity contribution in [3.8, 4) is 0 Å². The molecule has 5 nitrogen and oxygen atoms in total. The second-order valence-corrected chi connectivity index (χ2v) is 6.30. The standard InChI is InChI=1S/C21H25N3O2/c1-22-18-13-21(23-2,24-3)17-11-10-15(20(25)26-4)12-16(17)19(18)14-8-6-5-7-9-14/h5-12,22-24H,13H2,1-4H3. The number of fused-ring (bicyclic) bond motifs is 1. The number of hydrogen-bond acceptors (Lipinski definition) is 5. The first-order chi connectivity index (χ1) is 12.6. The molecule has 0 bridgehead atoms. The third-order valence-electron chi connectivity index (χ3n) is 5.13. The predicted octanol–water partition coefficient (Wildman–Crippen LogP) is 2.45. The van der Waals surface area contributed by atoms with Crippen LogP contribution in [0.25, 0.3) is 5.57 Å². The predicted molar refractivity (Wildman–Crippen MR) is 104 cm³/mol. The Labute approximate surface area is 154 Å². The van der Waals surface area contributed by atoms with Crippen molar-refractivity contribution in [2.24, 2.45) is 0 Å². The van der Waals surface area contributed by atoms with Crippen molar-refractivity contribution in [1.82, 2.24) is 16.0 Å². The van der Waals surface area contributed by atoms with E-state index in [9.17, 15) is 4.79 Å². The number of benzene rings is 2. The maximum atomic E-state index is 12.1. The molecule has 3 rings (SSSR count). The number of carbonyl (C=O) groups excluding carboxylic acids is 1. The van der Waals surface area contributed by atoms with Crippen LogP contribution in [0.2, 0.25) is 0 Å². The highest BCUT2D eigenvalue weighted by atomic mass is 16.5. The zero-order chi connectivity index (χ0) is 18.7. The second-order valence-electron chi connectivity index (χ2n) is 6.30. The van der Waals surface area contributed by atoms with Gasteiger partial charge in [-0.15, -0.1) is 0 Å². The monoisotopic (exact) mass is 351 g/mol. The first-order valence-corrected chi connectivity index (χ1v) is 8.67. The topological polar surface area (TPSA) is 62.4 Å². The van der Waals surface area contributed by atoms with E-state index in [1.165, 1.54) is 7.11 Å². The quantitative estimate of drug-likeness (QED) is 0.571. The lowest BCUT2D eigenvalue weighted by atomic mass is 9.77. The summed E-state index contributed by atoms with van der Waals surface area (Å²) < 4.78 is 4.92. The Bertz CT molecular complexity index is 840. The molecule has 0 saturated carbocycles. The number of carbonyl (C=O) groups is 1. The van der Waals surface area contributed by atoms with E-state index in [0.29, 0.717) is 5.56 Å². The van der Waals surface area contributed by atoms with Crippen LogP contribution in [0.4, 0.5) is 0 Å². The molecule has 0 fully saturated rings. The minimum Gasteiger partial charge on any atom is -0.465 e. The highest BCUT2D eigenvalue weighted by Gasteiger charge is 2.38. The van der Waals surface area contributed by atoms with Gasteiger partial charge in [0.15, 0.2) is 0 Å². The SMILES string of the molecule is CNC1=C(c2ccccc2)c2cc(C(=O)OC)ccc2C(NC)(NC)C1. The zero-order valence-corrected chi connectivity index (χ0v) is 15.6. The van der Waals surface area contributed by atoms with Gasteiger partial charge in [0.25, 0.3) is 0 Å². The first-order valence-electron chi connectivity index (χ1n) is 8.67. The molecule has 5 heteroatoms. The van der Waals surface area contributed by atoms with E-state index in [2.05, 4.69) is 28.1 Å². The number of esters is 1. The highest BCUT2D eigenvalue weighted by molar-refractivity contribution is 5.93. The number of nitrogens with one attached hydrogen (secondary N) is 3. The van der Waals surface area contributed by atoms with Crippen LogP contribution in [-0.4, -0.2) is 34.2 Å². The molecule has 0 aromatic heterocycles. The van der Waals surface area contributed by atoms with Crippen molar-refractivity contribution in [2.45, 2.75) is 12.1 Å². The molecule has 0 heterocycles.